The normalized spacial score (nSPS) is 11.7. The Bertz CT molecular complexity index is 1020. The number of Topliss-reactive ketones (excluding diaryl/α,β-unsaturated/α-hetero) is 1. The maximum absolute atomic E-state index is 12.5. The van der Waals surface area contributed by atoms with Crippen LogP contribution in [0.2, 0.25) is 0 Å². The Hall–Kier alpha value is -3.41. The van der Waals surface area contributed by atoms with Crippen LogP contribution in [0, 0.1) is 13.8 Å². The summed E-state index contributed by atoms with van der Waals surface area (Å²) in [6, 6.07) is 14.6. The largest absolute Gasteiger partial charge is 0.489 e. The minimum Gasteiger partial charge on any atom is -0.489 e. The lowest BCUT2D eigenvalue weighted by molar-refractivity contribution is -0.145. The van der Waals surface area contributed by atoms with Crippen molar-refractivity contribution >= 4 is 11.8 Å². The molecule has 1 atom stereocenters. The summed E-state index contributed by atoms with van der Waals surface area (Å²) in [5.41, 5.74) is 4.21. The van der Waals surface area contributed by atoms with Gasteiger partial charge in [-0.15, -0.1) is 0 Å². The summed E-state index contributed by atoms with van der Waals surface area (Å²) in [5.74, 6) is 0.757. The molecule has 162 valence electrons. The average Bonchev–Trinajstić information content (AvgIpc) is 3.10. The number of aromatic nitrogens is 1. The van der Waals surface area contributed by atoms with E-state index in [-0.39, 0.29) is 12.2 Å². The Morgan fingerprint density at radius 2 is 1.65 bits per heavy atom. The van der Waals surface area contributed by atoms with Crippen LogP contribution >= 0.6 is 0 Å². The van der Waals surface area contributed by atoms with Gasteiger partial charge in [-0.3, -0.25) is 9.59 Å². The van der Waals surface area contributed by atoms with Crippen LogP contribution in [0.4, 0.5) is 0 Å². The van der Waals surface area contributed by atoms with Gasteiger partial charge in [0.15, 0.2) is 6.10 Å². The molecule has 6 heteroatoms. The number of hydrogen-bond acceptors (Lipinski definition) is 6. The van der Waals surface area contributed by atoms with Crippen LogP contribution in [0.25, 0.3) is 0 Å². The molecule has 0 aliphatic carbocycles. The molecule has 0 radical (unpaired) electrons. The fourth-order valence-corrected chi connectivity index (χ4v) is 3.17. The molecular weight excluding hydrogens is 394 g/mol. The molecule has 0 fully saturated rings. The molecule has 0 saturated heterocycles. The lowest BCUT2D eigenvalue weighted by Crippen LogP contribution is -2.25. The summed E-state index contributed by atoms with van der Waals surface area (Å²) < 4.78 is 16.2. The van der Waals surface area contributed by atoms with Crippen LogP contribution in [0.15, 0.2) is 53.1 Å². The SMILES string of the molecule is CCc1ccc(C(=O)[C@H](C)OC(=O)Cc2ccc(OCc3c(C)noc3C)cc2)cc1. The van der Waals surface area contributed by atoms with Gasteiger partial charge in [-0.1, -0.05) is 48.5 Å². The predicted octanol–water partition coefficient (Wildman–Crippen LogP) is 4.79. The Morgan fingerprint density at radius 3 is 2.23 bits per heavy atom. The van der Waals surface area contributed by atoms with E-state index in [2.05, 4.69) is 12.1 Å². The molecule has 0 N–H and O–H groups in total. The smallest absolute Gasteiger partial charge is 0.310 e. The average molecular weight is 421 g/mol. The molecule has 31 heavy (non-hydrogen) atoms. The van der Waals surface area contributed by atoms with E-state index in [9.17, 15) is 9.59 Å². The third kappa shape index (κ3) is 5.81. The number of aryl methyl sites for hydroxylation is 3. The van der Waals surface area contributed by atoms with Gasteiger partial charge >= 0.3 is 5.97 Å². The number of ether oxygens (including phenoxy) is 2. The van der Waals surface area contributed by atoms with Crippen molar-refractivity contribution in [2.24, 2.45) is 0 Å². The van der Waals surface area contributed by atoms with Gasteiger partial charge in [0.05, 0.1) is 17.7 Å². The molecule has 0 bridgehead atoms. The zero-order chi connectivity index (χ0) is 22.4. The van der Waals surface area contributed by atoms with Gasteiger partial charge in [0.1, 0.15) is 18.1 Å². The maximum Gasteiger partial charge on any atom is 0.310 e. The molecule has 0 aliphatic heterocycles. The number of esters is 1. The van der Waals surface area contributed by atoms with Crippen molar-refractivity contribution in [2.75, 3.05) is 0 Å². The molecule has 3 aromatic rings. The van der Waals surface area contributed by atoms with Gasteiger partial charge in [0, 0.05) is 5.56 Å². The van der Waals surface area contributed by atoms with Gasteiger partial charge < -0.3 is 14.0 Å². The highest BCUT2D eigenvalue weighted by Gasteiger charge is 2.19. The molecule has 0 aliphatic rings. The van der Waals surface area contributed by atoms with E-state index >= 15 is 0 Å². The van der Waals surface area contributed by atoms with Gasteiger partial charge in [-0.2, -0.15) is 0 Å². The van der Waals surface area contributed by atoms with E-state index in [0.29, 0.717) is 17.9 Å². The lowest BCUT2D eigenvalue weighted by Gasteiger charge is -2.13. The molecule has 0 amide bonds. The predicted molar refractivity (Wildman–Crippen MR) is 116 cm³/mol. The van der Waals surface area contributed by atoms with E-state index < -0.39 is 12.1 Å². The van der Waals surface area contributed by atoms with E-state index in [1.807, 2.05) is 26.0 Å². The van der Waals surface area contributed by atoms with Crippen molar-refractivity contribution in [3.8, 4) is 5.75 Å². The van der Waals surface area contributed by atoms with E-state index in [0.717, 1.165) is 34.6 Å². The summed E-state index contributed by atoms with van der Waals surface area (Å²) in [6.07, 6.45) is 0.150. The summed E-state index contributed by atoms with van der Waals surface area (Å²) >= 11 is 0. The van der Waals surface area contributed by atoms with Gasteiger partial charge in [-0.25, -0.2) is 0 Å². The molecule has 2 aromatic carbocycles. The number of nitrogens with zero attached hydrogens (tertiary/aromatic N) is 1. The molecule has 0 unspecified atom stereocenters. The third-order valence-electron chi connectivity index (χ3n) is 5.16. The van der Waals surface area contributed by atoms with Crippen molar-refractivity contribution in [3.63, 3.8) is 0 Å². The Balaban J connectivity index is 1.51. The number of benzene rings is 2. The zero-order valence-electron chi connectivity index (χ0n) is 18.3. The highest BCUT2D eigenvalue weighted by atomic mass is 16.5. The van der Waals surface area contributed by atoms with Crippen molar-refractivity contribution in [1.82, 2.24) is 5.16 Å². The monoisotopic (exact) mass is 421 g/mol. The second kappa shape index (κ2) is 10.1. The number of rotatable bonds is 9. The van der Waals surface area contributed by atoms with Crippen molar-refractivity contribution in [1.29, 1.82) is 0 Å². The quantitative estimate of drug-likeness (QED) is 0.365. The molecular formula is C25H27NO5. The summed E-state index contributed by atoms with van der Waals surface area (Å²) in [7, 11) is 0. The molecule has 6 nitrogen and oxygen atoms in total. The van der Waals surface area contributed by atoms with Crippen LogP contribution in [-0.2, 0) is 29.0 Å². The van der Waals surface area contributed by atoms with E-state index in [1.54, 1.807) is 43.3 Å². The second-order valence-electron chi connectivity index (χ2n) is 7.46. The Labute approximate surface area is 182 Å². The van der Waals surface area contributed by atoms with Crippen molar-refractivity contribution < 1.29 is 23.6 Å². The summed E-state index contributed by atoms with van der Waals surface area (Å²) in [4.78, 5) is 24.8. The topological polar surface area (TPSA) is 78.6 Å². The first-order chi connectivity index (χ1) is 14.9. The fraction of sp³-hybridized carbons (Fsp3) is 0.320. The van der Waals surface area contributed by atoms with Crippen molar-refractivity contribution in [2.45, 2.75) is 53.2 Å². The van der Waals surface area contributed by atoms with Crippen LogP contribution in [0.5, 0.6) is 5.75 Å². The highest BCUT2D eigenvalue weighted by Crippen LogP contribution is 2.18. The minimum absolute atomic E-state index is 0.0799. The van der Waals surface area contributed by atoms with Crippen molar-refractivity contribution in [3.05, 3.63) is 82.2 Å². The first-order valence-electron chi connectivity index (χ1n) is 10.3. The summed E-state index contributed by atoms with van der Waals surface area (Å²) in [6.45, 7) is 7.73. The van der Waals surface area contributed by atoms with E-state index in [4.69, 9.17) is 14.0 Å². The Morgan fingerprint density at radius 1 is 1.00 bits per heavy atom. The standard InChI is InChI=1S/C25H27NO5/c1-5-19-6-10-21(11-7-19)25(28)18(4)30-24(27)14-20-8-12-22(13-9-20)29-15-23-16(2)26-31-17(23)3/h6-13,18H,5,14-15H2,1-4H3/t18-/m0/s1. The first kappa shape index (κ1) is 22.3. The fourth-order valence-electron chi connectivity index (χ4n) is 3.17. The molecule has 3 rings (SSSR count). The lowest BCUT2D eigenvalue weighted by atomic mass is 10.0. The second-order valence-corrected chi connectivity index (χ2v) is 7.46. The highest BCUT2D eigenvalue weighted by molar-refractivity contribution is 6.00. The number of hydrogen-bond donors (Lipinski definition) is 0. The van der Waals surface area contributed by atoms with E-state index in [1.165, 1.54) is 0 Å². The molecule has 0 spiro atoms. The van der Waals surface area contributed by atoms with Crippen LogP contribution in [0.3, 0.4) is 0 Å². The maximum atomic E-state index is 12.5. The molecule has 0 saturated carbocycles. The summed E-state index contributed by atoms with van der Waals surface area (Å²) in [5, 5.41) is 3.91. The number of carbonyl (C=O) groups excluding carboxylic acids is 2. The zero-order valence-corrected chi connectivity index (χ0v) is 18.3. The van der Waals surface area contributed by atoms with Gasteiger partial charge in [0.25, 0.3) is 0 Å². The Kier molecular flexibility index (Phi) is 7.23. The first-order valence-corrected chi connectivity index (χ1v) is 10.3. The van der Waals surface area contributed by atoms with Crippen LogP contribution < -0.4 is 4.74 Å². The van der Waals surface area contributed by atoms with Crippen LogP contribution in [0.1, 0.15) is 52.3 Å². The van der Waals surface area contributed by atoms with Crippen LogP contribution in [-0.4, -0.2) is 23.0 Å². The molecule has 1 heterocycles. The number of ketones is 1. The minimum atomic E-state index is -0.836. The van der Waals surface area contributed by atoms with Gasteiger partial charge in [0.2, 0.25) is 5.78 Å². The number of carbonyl (C=O) groups is 2. The molecule has 1 aromatic heterocycles. The third-order valence-corrected chi connectivity index (χ3v) is 5.16. The van der Waals surface area contributed by atoms with Gasteiger partial charge in [-0.05, 0) is 50.5 Å².